The van der Waals surface area contributed by atoms with Crippen molar-refractivity contribution < 1.29 is 53.4 Å². The van der Waals surface area contributed by atoms with Gasteiger partial charge < -0.3 is 0 Å². The Morgan fingerprint density at radius 1 is 0.864 bits per heavy atom. The fraction of sp³-hybridized carbons (Fsp3) is 1.00. The number of ether oxygens (including phenoxy) is 2. The van der Waals surface area contributed by atoms with E-state index in [4.69, 9.17) is 0 Å². The molecule has 0 radical (unpaired) electrons. The number of hydrogen-bond donors (Lipinski definition) is 0. The van der Waals surface area contributed by atoms with E-state index in [1.807, 2.05) is 0 Å². The van der Waals surface area contributed by atoms with Gasteiger partial charge in [-0.3, -0.25) is 13.9 Å². The molecule has 0 amide bonds. The molecule has 0 bridgehead atoms. The van der Waals surface area contributed by atoms with Gasteiger partial charge in [0.25, 0.3) is 0 Å². The van der Waals surface area contributed by atoms with Gasteiger partial charge in [-0.25, -0.2) is 4.39 Å². The van der Waals surface area contributed by atoms with E-state index in [-0.39, 0.29) is 6.67 Å². The molecule has 1 fully saturated rings. The molecule has 0 spiro atoms. The summed E-state index contributed by atoms with van der Waals surface area (Å²) in [7, 11) is 0. The normalized spacial score (nSPS) is 27.8. The zero-order chi connectivity index (χ0) is 18.0. The first kappa shape index (κ1) is 21.2. The minimum Gasteiger partial charge on any atom is -0.297 e. The molecule has 0 saturated carbocycles. The van der Waals surface area contributed by atoms with Crippen molar-refractivity contribution in [1.29, 1.82) is 0 Å². The third kappa shape index (κ3) is 4.37. The van der Waals surface area contributed by atoms with Gasteiger partial charge in [-0.1, -0.05) is 6.92 Å². The van der Waals surface area contributed by atoms with Crippen LogP contribution in [0.4, 0.5) is 43.9 Å². The average Bonchev–Trinajstić information content (AvgIpc) is 2.24. The number of halogens is 10. The highest BCUT2D eigenvalue weighted by molar-refractivity contribution is 4.95. The van der Waals surface area contributed by atoms with Crippen molar-refractivity contribution in [1.82, 2.24) is 0 Å². The zero-order valence-electron chi connectivity index (χ0n) is 11.2. The molecular weight excluding hydrogens is 342 g/mol. The summed E-state index contributed by atoms with van der Waals surface area (Å²) >= 11 is 0. The molecule has 0 N–H and O–H groups in total. The molecule has 0 aromatic carbocycles. The minimum absolute atomic E-state index is 0.250. The predicted molar refractivity (Wildman–Crippen MR) is 52.4 cm³/mol. The minimum atomic E-state index is -6.43. The monoisotopic (exact) mass is 354 g/mol. The largest absolute Gasteiger partial charge is 0.453 e. The van der Waals surface area contributed by atoms with Crippen LogP contribution in [-0.4, -0.2) is 36.8 Å². The van der Waals surface area contributed by atoms with Crippen molar-refractivity contribution in [2.75, 3.05) is 6.67 Å². The van der Waals surface area contributed by atoms with Gasteiger partial charge in [0.2, 0.25) is 5.85 Å². The van der Waals surface area contributed by atoms with E-state index in [2.05, 4.69) is 9.47 Å². The fourth-order valence-corrected chi connectivity index (χ4v) is 1.46. The van der Waals surface area contributed by atoms with Crippen molar-refractivity contribution in [3.63, 3.8) is 0 Å². The second kappa shape index (κ2) is 6.38. The van der Waals surface area contributed by atoms with Gasteiger partial charge in [0.15, 0.2) is 0 Å². The Morgan fingerprint density at radius 2 is 1.23 bits per heavy atom. The first-order chi connectivity index (χ1) is 9.60. The van der Waals surface area contributed by atoms with Gasteiger partial charge in [-0.2, -0.15) is 35.1 Å². The smallest absolute Gasteiger partial charge is 0.297 e. The van der Waals surface area contributed by atoms with Crippen molar-refractivity contribution in [2.45, 2.75) is 56.8 Å². The summed E-state index contributed by atoms with van der Waals surface area (Å²) in [4.78, 5) is 0. The van der Waals surface area contributed by atoms with Crippen LogP contribution in [0.3, 0.4) is 0 Å². The van der Waals surface area contributed by atoms with E-state index in [1.54, 1.807) is 0 Å². The van der Waals surface area contributed by atoms with Crippen molar-refractivity contribution in [2.24, 2.45) is 0 Å². The SMILES string of the molecule is CCC1(F)CC(F)(F)OC(C(F)(F)F)(C(F)(F)F)O1.CCF. The molecule has 1 rings (SSSR count). The Balaban J connectivity index is 0.00000135. The highest BCUT2D eigenvalue weighted by Crippen LogP contribution is 2.56. The van der Waals surface area contributed by atoms with Gasteiger partial charge in [0.05, 0.1) is 13.1 Å². The lowest BCUT2D eigenvalue weighted by molar-refractivity contribution is -0.567. The summed E-state index contributed by atoms with van der Waals surface area (Å²) in [5.41, 5.74) is 0. The molecule has 22 heavy (non-hydrogen) atoms. The van der Waals surface area contributed by atoms with E-state index >= 15 is 0 Å². The molecule has 12 heteroatoms. The summed E-state index contributed by atoms with van der Waals surface area (Å²) in [5.74, 6) is -9.51. The molecule has 1 heterocycles. The average molecular weight is 354 g/mol. The Morgan fingerprint density at radius 3 is 1.50 bits per heavy atom. The Bertz CT molecular complexity index is 350. The van der Waals surface area contributed by atoms with Gasteiger partial charge in [-0.05, 0) is 6.92 Å². The topological polar surface area (TPSA) is 18.5 Å². The lowest BCUT2D eigenvalue weighted by atomic mass is 10.1. The van der Waals surface area contributed by atoms with E-state index in [0.717, 1.165) is 6.92 Å². The summed E-state index contributed by atoms with van der Waals surface area (Å²) in [6.07, 6.45) is -21.0. The second-order valence-electron chi connectivity index (χ2n) is 4.13. The Hall–Kier alpha value is -0.780. The van der Waals surface area contributed by atoms with Crippen LogP contribution in [0.2, 0.25) is 0 Å². The Labute approximate surface area is 118 Å². The first-order valence-electron chi connectivity index (χ1n) is 5.76. The highest BCUT2D eigenvalue weighted by atomic mass is 19.4. The van der Waals surface area contributed by atoms with Crippen LogP contribution < -0.4 is 0 Å². The fourth-order valence-electron chi connectivity index (χ4n) is 1.46. The molecule has 1 aliphatic rings. The van der Waals surface area contributed by atoms with E-state index in [1.165, 1.54) is 6.92 Å². The molecule has 1 atom stereocenters. The predicted octanol–water partition coefficient (Wildman–Crippen LogP) is 4.89. The highest BCUT2D eigenvalue weighted by Gasteiger charge is 2.81. The zero-order valence-corrected chi connectivity index (χ0v) is 11.2. The van der Waals surface area contributed by atoms with Crippen LogP contribution >= 0.6 is 0 Å². The van der Waals surface area contributed by atoms with Crippen molar-refractivity contribution in [3.05, 3.63) is 0 Å². The number of hydrogen-bond acceptors (Lipinski definition) is 2. The van der Waals surface area contributed by atoms with E-state index in [0.29, 0.717) is 0 Å². The third-order valence-electron chi connectivity index (χ3n) is 2.36. The standard InChI is InChI=1S/C8H7F9O2.C2H5F/c1-2-4(9)3-5(10,11)19-6(18-4,7(12,13)14)8(15,16)17;1-2-3/h2-3H2,1H3;2H2,1H3. The lowest BCUT2D eigenvalue weighted by Crippen LogP contribution is -2.69. The van der Waals surface area contributed by atoms with E-state index < -0.39 is 42.9 Å². The molecule has 1 aliphatic heterocycles. The van der Waals surface area contributed by atoms with Gasteiger partial charge in [0.1, 0.15) is 0 Å². The summed E-state index contributed by atoms with van der Waals surface area (Å²) < 4.78 is 130. The van der Waals surface area contributed by atoms with Gasteiger partial charge >= 0.3 is 24.2 Å². The van der Waals surface area contributed by atoms with Crippen molar-refractivity contribution >= 4 is 0 Å². The van der Waals surface area contributed by atoms with Crippen LogP contribution in [0.1, 0.15) is 26.7 Å². The van der Waals surface area contributed by atoms with E-state index in [9.17, 15) is 43.9 Å². The van der Waals surface area contributed by atoms with Crippen LogP contribution in [0.15, 0.2) is 0 Å². The molecule has 0 aliphatic carbocycles. The maximum absolute atomic E-state index is 13.6. The van der Waals surface area contributed by atoms with Gasteiger partial charge in [0, 0.05) is 6.42 Å². The third-order valence-corrected chi connectivity index (χ3v) is 2.36. The molecule has 0 aromatic heterocycles. The summed E-state index contributed by atoms with van der Waals surface area (Å²) in [6.45, 7) is 1.97. The maximum Gasteiger partial charge on any atom is 0.453 e. The maximum atomic E-state index is 13.6. The lowest BCUT2D eigenvalue weighted by Gasteiger charge is -2.47. The Kier molecular flexibility index (Phi) is 6.15. The number of rotatable bonds is 1. The molecule has 2 nitrogen and oxygen atoms in total. The van der Waals surface area contributed by atoms with Crippen LogP contribution in [0.5, 0.6) is 0 Å². The quantitative estimate of drug-likeness (QED) is 0.625. The molecular formula is C10H12F10O2. The first-order valence-corrected chi connectivity index (χ1v) is 5.76. The second-order valence-corrected chi connectivity index (χ2v) is 4.13. The summed E-state index contributed by atoms with van der Waals surface area (Å²) in [6, 6.07) is 0. The molecule has 1 unspecified atom stereocenters. The van der Waals surface area contributed by atoms with Crippen LogP contribution in [0, 0.1) is 0 Å². The van der Waals surface area contributed by atoms with Crippen LogP contribution in [-0.2, 0) is 9.47 Å². The van der Waals surface area contributed by atoms with Crippen molar-refractivity contribution in [3.8, 4) is 0 Å². The molecule has 1 saturated heterocycles. The molecule has 0 aromatic rings. The summed E-state index contributed by atoms with van der Waals surface area (Å²) in [5, 5.41) is 0. The number of alkyl halides is 10. The van der Waals surface area contributed by atoms with Gasteiger partial charge in [-0.15, -0.1) is 0 Å². The molecule has 134 valence electrons. The van der Waals surface area contributed by atoms with Crippen LogP contribution in [0.25, 0.3) is 0 Å².